The number of amides is 2. The van der Waals surface area contributed by atoms with Gasteiger partial charge >= 0.3 is 18.5 Å². The second-order valence-electron chi connectivity index (χ2n) is 9.31. The third kappa shape index (κ3) is 5.22. The third-order valence-corrected chi connectivity index (χ3v) is 7.80. The molecule has 1 aromatic carbocycles. The number of nitro groups is 1. The monoisotopic (exact) mass is 572 g/mol. The van der Waals surface area contributed by atoms with Crippen LogP contribution < -0.4 is 10.1 Å². The van der Waals surface area contributed by atoms with Gasteiger partial charge in [-0.05, 0) is 41.1 Å². The van der Waals surface area contributed by atoms with E-state index in [1.54, 1.807) is 6.26 Å². The molecule has 3 aliphatic heterocycles. The van der Waals surface area contributed by atoms with E-state index in [2.05, 4.69) is 15.0 Å². The fourth-order valence-electron chi connectivity index (χ4n) is 5.46. The van der Waals surface area contributed by atoms with Gasteiger partial charge < -0.3 is 9.84 Å². The number of nitrogens with one attached hydrogen (secondary N) is 1. The average molecular weight is 573 g/mol. The summed E-state index contributed by atoms with van der Waals surface area (Å²) in [6.45, 7) is 1.15. The van der Waals surface area contributed by atoms with E-state index in [1.807, 2.05) is 0 Å². The van der Waals surface area contributed by atoms with Gasteiger partial charge in [0.05, 0.1) is 23.3 Å². The number of likely N-dealkylation sites (tertiary alicyclic amines) is 1. The first-order valence-corrected chi connectivity index (χ1v) is 13.2. The Morgan fingerprint density at radius 1 is 1.36 bits per heavy atom. The molecule has 5 atom stereocenters. The fraction of sp³-hybridized carbons (Fsp3) is 0.522. The SMILES string of the molecule is CSCCC1(C(=O)O)NC(c2cccc(OC(F)(F)F)c2)C2C(=O)N(CC[N+]3=C(C)N=CC3[N+](=O)[O-])C(=O)C21. The molecule has 210 valence electrons. The number of fused-ring (bicyclic) bond motifs is 1. The highest BCUT2D eigenvalue weighted by Gasteiger charge is 2.68. The number of carboxylic acids is 1. The lowest BCUT2D eigenvalue weighted by molar-refractivity contribution is -0.735. The van der Waals surface area contributed by atoms with E-state index in [9.17, 15) is 42.8 Å². The van der Waals surface area contributed by atoms with Crippen molar-refractivity contribution in [3.63, 3.8) is 0 Å². The standard InChI is InChI=1S/C23H24F3N5O7S/c1-12-27-11-15(31(36)37)29(12)7-8-30-19(32)16-17(20(30)33)22(21(34)35,6-9-39-2)28-18(16)13-4-3-5-14(10-13)38-23(24,25)26/h3-5,10-11,15-18,28H,6-9H2,1-2H3/p+1. The molecule has 0 saturated carbocycles. The lowest BCUT2D eigenvalue weighted by atomic mass is 9.78. The van der Waals surface area contributed by atoms with Crippen LogP contribution >= 0.6 is 11.8 Å². The highest BCUT2D eigenvalue weighted by molar-refractivity contribution is 7.98. The summed E-state index contributed by atoms with van der Waals surface area (Å²) in [5.41, 5.74) is -1.73. The van der Waals surface area contributed by atoms with Gasteiger partial charge in [-0.2, -0.15) is 16.3 Å². The summed E-state index contributed by atoms with van der Waals surface area (Å²) in [5, 5.41) is 24.6. The maximum Gasteiger partial charge on any atom is 0.573 e. The molecule has 0 aromatic heterocycles. The topological polar surface area (TPSA) is 154 Å². The van der Waals surface area contributed by atoms with Gasteiger partial charge in [-0.1, -0.05) is 12.1 Å². The summed E-state index contributed by atoms with van der Waals surface area (Å²) in [5.74, 6) is -5.36. The zero-order valence-electron chi connectivity index (χ0n) is 20.8. The van der Waals surface area contributed by atoms with Crippen molar-refractivity contribution in [2.24, 2.45) is 16.8 Å². The normalized spacial score (nSPS) is 28.4. The molecule has 2 amide bonds. The smallest absolute Gasteiger partial charge is 0.480 e. The Balaban J connectivity index is 1.70. The van der Waals surface area contributed by atoms with Gasteiger partial charge in [-0.3, -0.25) is 34.7 Å². The number of hydrogen-bond donors (Lipinski definition) is 2. The second kappa shape index (κ2) is 10.6. The number of imide groups is 1. The van der Waals surface area contributed by atoms with Crippen molar-refractivity contribution >= 4 is 41.6 Å². The molecule has 12 nitrogen and oxygen atoms in total. The summed E-state index contributed by atoms with van der Waals surface area (Å²) in [6, 6.07) is 3.71. The molecule has 0 bridgehead atoms. The molecule has 0 aliphatic carbocycles. The van der Waals surface area contributed by atoms with Gasteiger partial charge in [0.25, 0.3) is 5.84 Å². The third-order valence-electron chi connectivity index (χ3n) is 7.19. The number of carbonyl (C=O) groups is 3. The first-order chi connectivity index (χ1) is 18.3. The van der Waals surface area contributed by atoms with Crippen molar-refractivity contribution in [3.8, 4) is 5.75 Å². The lowest BCUT2D eigenvalue weighted by Crippen LogP contribution is -2.56. The van der Waals surface area contributed by atoms with Crippen molar-refractivity contribution in [2.75, 3.05) is 25.1 Å². The molecule has 2 N–H and O–H groups in total. The predicted octanol–water partition coefficient (Wildman–Crippen LogP) is 1.53. The summed E-state index contributed by atoms with van der Waals surface area (Å²) in [4.78, 5) is 55.6. The Hall–Kier alpha value is -3.53. The number of aliphatic imine (C=N–C) groups is 1. The van der Waals surface area contributed by atoms with E-state index in [-0.39, 0.29) is 25.1 Å². The number of carbonyl (C=O) groups excluding carboxylic acids is 2. The van der Waals surface area contributed by atoms with Crippen LogP contribution in [0.4, 0.5) is 13.2 Å². The molecule has 4 rings (SSSR count). The minimum absolute atomic E-state index is 0.0387. The molecule has 16 heteroatoms. The number of amidine groups is 1. The molecular formula is C23H25F3N5O7S+. The van der Waals surface area contributed by atoms with E-state index in [0.29, 0.717) is 11.6 Å². The van der Waals surface area contributed by atoms with Crippen LogP contribution in [0.25, 0.3) is 0 Å². The summed E-state index contributed by atoms with van der Waals surface area (Å²) >= 11 is 1.33. The Labute approximate surface area is 224 Å². The Kier molecular flexibility index (Phi) is 7.71. The maximum absolute atomic E-state index is 13.6. The summed E-state index contributed by atoms with van der Waals surface area (Å²) in [6.07, 6.45) is -3.41. The summed E-state index contributed by atoms with van der Waals surface area (Å²) in [7, 11) is 0. The van der Waals surface area contributed by atoms with Gasteiger partial charge in [0.2, 0.25) is 18.0 Å². The number of thioether (sulfide) groups is 1. The number of halogens is 3. The quantitative estimate of drug-likeness (QED) is 0.184. The predicted molar refractivity (Wildman–Crippen MR) is 131 cm³/mol. The minimum Gasteiger partial charge on any atom is -0.480 e. The molecule has 2 fully saturated rings. The van der Waals surface area contributed by atoms with Crippen molar-refractivity contribution in [1.29, 1.82) is 0 Å². The number of alkyl halides is 3. The molecule has 0 radical (unpaired) electrons. The Morgan fingerprint density at radius 3 is 2.69 bits per heavy atom. The van der Waals surface area contributed by atoms with Crippen LogP contribution in [0.5, 0.6) is 5.75 Å². The number of hydrogen-bond acceptors (Lipinski definition) is 9. The Bertz CT molecular complexity index is 1270. The van der Waals surface area contributed by atoms with Crippen molar-refractivity contribution in [1.82, 2.24) is 10.2 Å². The molecule has 2 saturated heterocycles. The molecule has 5 unspecified atom stereocenters. The van der Waals surface area contributed by atoms with E-state index in [0.717, 1.165) is 23.2 Å². The van der Waals surface area contributed by atoms with E-state index in [4.69, 9.17) is 0 Å². The average Bonchev–Trinajstić information content (AvgIpc) is 3.47. The van der Waals surface area contributed by atoms with Gasteiger partial charge in [0.15, 0.2) is 0 Å². The number of rotatable bonds is 10. The minimum atomic E-state index is -4.97. The van der Waals surface area contributed by atoms with Gasteiger partial charge in [-0.25, -0.2) is 0 Å². The van der Waals surface area contributed by atoms with Crippen molar-refractivity contribution in [3.05, 3.63) is 39.9 Å². The van der Waals surface area contributed by atoms with Crippen LogP contribution in [-0.4, -0.2) is 92.5 Å². The zero-order chi connectivity index (χ0) is 28.7. The molecule has 39 heavy (non-hydrogen) atoms. The van der Waals surface area contributed by atoms with Gasteiger partial charge in [-0.15, -0.1) is 13.2 Å². The van der Waals surface area contributed by atoms with Gasteiger partial charge in [0, 0.05) is 13.0 Å². The first-order valence-electron chi connectivity index (χ1n) is 11.8. The number of benzene rings is 1. The fourth-order valence-corrected chi connectivity index (χ4v) is 5.99. The molecular weight excluding hydrogens is 547 g/mol. The van der Waals surface area contributed by atoms with Crippen LogP contribution in [0.1, 0.15) is 24.9 Å². The second-order valence-corrected chi connectivity index (χ2v) is 10.3. The molecule has 1 aromatic rings. The molecule has 3 heterocycles. The van der Waals surface area contributed by atoms with E-state index < -0.39 is 64.4 Å². The van der Waals surface area contributed by atoms with Crippen LogP contribution in [-0.2, 0) is 14.4 Å². The lowest BCUT2D eigenvalue weighted by Gasteiger charge is -2.31. The van der Waals surface area contributed by atoms with Crippen molar-refractivity contribution in [2.45, 2.75) is 37.5 Å². The maximum atomic E-state index is 13.6. The molecule has 3 aliphatic rings. The zero-order valence-corrected chi connectivity index (χ0v) is 21.6. The first kappa shape index (κ1) is 28.5. The molecule has 0 spiro atoms. The highest BCUT2D eigenvalue weighted by atomic mass is 32.2. The van der Waals surface area contributed by atoms with Crippen LogP contribution in [0.3, 0.4) is 0 Å². The van der Waals surface area contributed by atoms with E-state index >= 15 is 0 Å². The Morgan fingerprint density at radius 2 is 2.08 bits per heavy atom. The highest BCUT2D eigenvalue weighted by Crippen LogP contribution is 2.50. The number of carboxylic acid groups (broad SMARTS) is 1. The van der Waals surface area contributed by atoms with Crippen LogP contribution in [0.15, 0.2) is 29.3 Å². The van der Waals surface area contributed by atoms with Gasteiger partial charge in [0.1, 0.15) is 17.8 Å². The number of nitrogens with zero attached hydrogens (tertiary/aromatic N) is 4. The van der Waals surface area contributed by atoms with Crippen LogP contribution in [0.2, 0.25) is 0 Å². The number of ether oxygens (including phenoxy) is 1. The number of aliphatic carboxylic acids is 1. The van der Waals surface area contributed by atoms with Crippen LogP contribution in [0, 0.1) is 22.0 Å². The largest absolute Gasteiger partial charge is 0.573 e. The van der Waals surface area contributed by atoms with E-state index in [1.165, 1.54) is 35.4 Å². The van der Waals surface area contributed by atoms with Crippen molar-refractivity contribution < 1.29 is 46.9 Å². The summed E-state index contributed by atoms with van der Waals surface area (Å²) < 4.78 is 43.8.